The molecule has 138 valence electrons. The lowest BCUT2D eigenvalue weighted by Crippen LogP contribution is -2.40. The summed E-state index contributed by atoms with van der Waals surface area (Å²) in [5.74, 6) is 3.13. The van der Waals surface area contributed by atoms with E-state index < -0.39 is 0 Å². The summed E-state index contributed by atoms with van der Waals surface area (Å²) in [4.78, 5) is 7.36. The van der Waals surface area contributed by atoms with Crippen molar-refractivity contribution in [2.24, 2.45) is 10.9 Å². The molecule has 0 aromatic heterocycles. The van der Waals surface area contributed by atoms with Crippen LogP contribution < -0.4 is 10.1 Å². The van der Waals surface area contributed by atoms with E-state index in [2.05, 4.69) is 42.3 Å². The van der Waals surface area contributed by atoms with Gasteiger partial charge in [0, 0.05) is 44.6 Å². The fourth-order valence-electron chi connectivity index (χ4n) is 3.67. The lowest BCUT2D eigenvalue weighted by atomic mass is 9.93. The van der Waals surface area contributed by atoms with E-state index >= 15 is 0 Å². The summed E-state index contributed by atoms with van der Waals surface area (Å²) >= 11 is 0. The second-order valence-electron chi connectivity index (χ2n) is 6.83. The van der Waals surface area contributed by atoms with Crippen molar-refractivity contribution in [3.05, 3.63) is 29.8 Å². The van der Waals surface area contributed by atoms with E-state index in [0.717, 1.165) is 64.1 Å². The molecule has 0 aliphatic carbocycles. The van der Waals surface area contributed by atoms with Gasteiger partial charge in [0.05, 0.1) is 13.2 Å². The van der Waals surface area contributed by atoms with Gasteiger partial charge < -0.3 is 19.7 Å². The number of hydrogen-bond acceptors (Lipinski definition) is 3. The van der Waals surface area contributed by atoms with E-state index in [4.69, 9.17) is 14.5 Å². The molecule has 0 amide bonds. The Kier molecular flexibility index (Phi) is 6.56. The van der Waals surface area contributed by atoms with Gasteiger partial charge in [-0.2, -0.15) is 0 Å². The van der Waals surface area contributed by atoms with Crippen LogP contribution in [0.1, 0.15) is 38.2 Å². The molecule has 1 fully saturated rings. The van der Waals surface area contributed by atoms with Crippen LogP contribution in [-0.2, 0) is 4.74 Å². The highest BCUT2D eigenvalue weighted by molar-refractivity contribution is 5.80. The second-order valence-corrected chi connectivity index (χ2v) is 6.83. The Morgan fingerprint density at radius 1 is 1.32 bits per heavy atom. The highest BCUT2D eigenvalue weighted by Crippen LogP contribution is 2.33. The first-order chi connectivity index (χ1) is 12.3. The van der Waals surface area contributed by atoms with Crippen molar-refractivity contribution >= 4 is 5.96 Å². The number of aliphatic imine (C=N–C) groups is 1. The number of hydrogen-bond donors (Lipinski definition) is 1. The van der Waals surface area contributed by atoms with Crippen LogP contribution in [-0.4, -0.2) is 56.9 Å². The summed E-state index contributed by atoms with van der Waals surface area (Å²) in [6, 6.07) is 8.37. The molecule has 5 heteroatoms. The number of nitrogens with zero attached hydrogens (tertiary/aromatic N) is 2. The van der Waals surface area contributed by atoms with Crippen molar-refractivity contribution in [2.75, 3.05) is 46.0 Å². The first kappa shape index (κ1) is 18.1. The maximum atomic E-state index is 5.77. The number of para-hydroxylation sites is 1. The monoisotopic (exact) mass is 345 g/mol. The van der Waals surface area contributed by atoms with Gasteiger partial charge >= 0.3 is 0 Å². The minimum absolute atomic E-state index is 0.445. The Morgan fingerprint density at radius 3 is 3.04 bits per heavy atom. The van der Waals surface area contributed by atoms with Crippen LogP contribution in [0.25, 0.3) is 0 Å². The van der Waals surface area contributed by atoms with Gasteiger partial charge in [-0.05, 0) is 38.3 Å². The van der Waals surface area contributed by atoms with E-state index in [1.807, 2.05) is 6.07 Å². The molecule has 1 N–H and O–H groups in total. The molecule has 0 bridgehead atoms. The molecule has 3 rings (SSSR count). The number of benzene rings is 1. The van der Waals surface area contributed by atoms with Crippen LogP contribution in [0, 0.1) is 5.92 Å². The first-order valence-electron chi connectivity index (χ1n) is 9.64. The minimum atomic E-state index is 0.445. The van der Waals surface area contributed by atoms with Crippen molar-refractivity contribution in [3.63, 3.8) is 0 Å². The maximum absolute atomic E-state index is 5.77. The fourth-order valence-corrected chi connectivity index (χ4v) is 3.67. The van der Waals surface area contributed by atoms with Crippen molar-refractivity contribution in [1.29, 1.82) is 0 Å². The average Bonchev–Trinajstić information content (AvgIpc) is 3.12. The molecule has 1 saturated heterocycles. The van der Waals surface area contributed by atoms with Gasteiger partial charge in [0.1, 0.15) is 5.75 Å². The SMILES string of the molecule is CCNC(=NCC1CCOc2ccccc21)N1CCC(COCC)C1. The Morgan fingerprint density at radius 2 is 2.20 bits per heavy atom. The Labute approximate surface area is 151 Å². The number of fused-ring (bicyclic) bond motifs is 1. The molecule has 0 radical (unpaired) electrons. The van der Waals surface area contributed by atoms with Crippen LogP contribution in [0.15, 0.2) is 29.3 Å². The number of rotatable bonds is 6. The molecule has 5 nitrogen and oxygen atoms in total. The second kappa shape index (κ2) is 9.09. The highest BCUT2D eigenvalue weighted by Gasteiger charge is 2.26. The Bertz CT molecular complexity index is 576. The highest BCUT2D eigenvalue weighted by atomic mass is 16.5. The van der Waals surface area contributed by atoms with E-state index in [9.17, 15) is 0 Å². The number of nitrogens with one attached hydrogen (secondary N) is 1. The zero-order chi connectivity index (χ0) is 17.5. The standard InChI is InChI=1S/C20H31N3O2/c1-3-21-20(23-11-9-16(14-23)15-24-4-2)22-13-17-10-12-25-19-8-6-5-7-18(17)19/h5-8,16-17H,3-4,9-15H2,1-2H3,(H,21,22). The molecular formula is C20H31N3O2. The van der Waals surface area contributed by atoms with Crippen LogP contribution in [0.2, 0.25) is 0 Å². The summed E-state index contributed by atoms with van der Waals surface area (Å²) in [5, 5.41) is 3.47. The molecule has 2 aliphatic heterocycles. The van der Waals surface area contributed by atoms with E-state index in [1.165, 1.54) is 12.0 Å². The number of likely N-dealkylation sites (tertiary alicyclic amines) is 1. The van der Waals surface area contributed by atoms with Gasteiger partial charge in [-0.1, -0.05) is 18.2 Å². The molecule has 1 aromatic carbocycles. The Balaban J connectivity index is 1.63. The third-order valence-electron chi connectivity index (χ3n) is 5.02. The summed E-state index contributed by atoms with van der Waals surface area (Å²) in [5.41, 5.74) is 1.30. The molecule has 2 unspecified atom stereocenters. The average molecular weight is 345 g/mol. The molecule has 0 spiro atoms. The Hall–Kier alpha value is -1.75. The molecular weight excluding hydrogens is 314 g/mol. The molecule has 2 aliphatic rings. The third kappa shape index (κ3) is 4.66. The number of guanidine groups is 1. The largest absolute Gasteiger partial charge is 0.493 e. The van der Waals surface area contributed by atoms with Crippen molar-refractivity contribution in [3.8, 4) is 5.75 Å². The van der Waals surface area contributed by atoms with Gasteiger partial charge in [0.15, 0.2) is 5.96 Å². The molecule has 1 aromatic rings. The van der Waals surface area contributed by atoms with Crippen molar-refractivity contribution in [2.45, 2.75) is 32.6 Å². The zero-order valence-electron chi connectivity index (χ0n) is 15.5. The molecule has 2 atom stereocenters. The zero-order valence-corrected chi connectivity index (χ0v) is 15.5. The predicted octanol–water partition coefficient (Wildman–Crippen LogP) is 2.88. The normalized spacial score (nSPS) is 23.3. The van der Waals surface area contributed by atoms with Gasteiger partial charge in [-0.3, -0.25) is 4.99 Å². The molecule has 0 saturated carbocycles. The van der Waals surface area contributed by atoms with Crippen LogP contribution >= 0.6 is 0 Å². The molecule has 25 heavy (non-hydrogen) atoms. The van der Waals surface area contributed by atoms with Crippen LogP contribution in [0.4, 0.5) is 0 Å². The lowest BCUT2D eigenvalue weighted by Gasteiger charge is -2.26. The predicted molar refractivity (Wildman–Crippen MR) is 101 cm³/mol. The summed E-state index contributed by atoms with van der Waals surface area (Å²) in [6.45, 7) is 10.5. The van der Waals surface area contributed by atoms with Crippen LogP contribution in [0.3, 0.4) is 0 Å². The smallest absolute Gasteiger partial charge is 0.193 e. The minimum Gasteiger partial charge on any atom is -0.493 e. The van der Waals surface area contributed by atoms with E-state index in [-0.39, 0.29) is 0 Å². The van der Waals surface area contributed by atoms with Gasteiger partial charge in [0.2, 0.25) is 0 Å². The van der Waals surface area contributed by atoms with Gasteiger partial charge in [0.25, 0.3) is 0 Å². The lowest BCUT2D eigenvalue weighted by molar-refractivity contribution is 0.114. The van der Waals surface area contributed by atoms with Crippen molar-refractivity contribution < 1.29 is 9.47 Å². The topological polar surface area (TPSA) is 46.1 Å². The quantitative estimate of drug-likeness (QED) is 0.636. The van der Waals surface area contributed by atoms with Crippen LogP contribution in [0.5, 0.6) is 5.75 Å². The van der Waals surface area contributed by atoms with E-state index in [1.54, 1.807) is 0 Å². The summed E-state index contributed by atoms with van der Waals surface area (Å²) in [7, 11) is 0. The fraction of sp³-hybridized carbons (Fsp3) is 0.650. The van der Waals surface area contributed by atoms with E-state index in [0.29, 0.717) is 11.8 Å². The summed E-state index contributed by atoms with van der Waals surface area (Å²) in [6.07, 6.45) is 2.22. The maximum Gasteiger partial charge on any atom is 0.193 e. The van der Waals surface area contributed by atoms with Crippen molar-refractivity contribution in [1.82, 2.24) is 10.2 Å². The third-order valence-corrected chi connectivity index (χ3v) is 5.02. The molecule has 2 heterocycles. The first-order valence-corrected chi connectivity index (χ1v) is 9.64. The van der Waals surface area contributed by atoms with Gasteiger partial charge in [-0.15, -0.1) is 0 Å². The number of ether oxygens (including phenoxy) is 2. The van der Waals surface area contributed by atoms with Gasteiger partial charge in [-0.25, -0.2) is 0 Å². The summed E-state index contributed by atoms with van der Waals surface area (Å²) < 4.78 is 11.4.